The van der Waals surface area contributed by atoms with Gasteiger partial charge in [0.05, 0.1) is 6.54 Å². The number of carbonyl (C=O) groups excluding carboxylic acids is 1. The van der Waals surface area contributed by atoms with E-state index in [1.165, 1.54) is 19.3 Å². The SMILES string of the molecule is CC(C)NCC(=O)NCC1CCC1. The predicted octanol–water partition coefficient (Wildman–Crippen LogP) is 0.901. The van der Waals surface area contributed by atoms with Gasteiger partial charge in [0.15, 0.2) is 0 Å². The molecular weight excluding hydrogens is 164 g/mol. The lowest BCUT2D eigenvalue weighted by molar-refractivity contribution is -0.120. The molecule has 1 aliphatic carbocycles. The molecule has 0 aromatic carbocycles. The first-order valence-electron chi connectivity index (χ1n) is 5.18. The fourth-order valence-electron chi connectivity index (χ4n) is 1.31. The molecular formula is C10H20N2O. The van der Waals surface area contributed by atoms with E-state index in [-0.39, 0.29) is 5.91 Å². The van der Waals surface area contributed by atoms with Crippen LogP contribution in [0.25, 0.3) is 0 Å². The van der Waals surface area contributed by atoms with Gasteiger partial charge in [0.25, 0.3) is 0 Å². The van der Waals surface area contributed by atoms with Crippen molar-refractivity contribution in [2.24, 2.45) is 5.92 Å². The zero-order chi connectivity index (χ0) is 9.68. The molecule has 3 nitrogen and oxygen atoms in total. The summed E-state index contributed by atoms with van der Waals surface area (Å²) in [7, 11) is 0. The minimum atomic E-state index is 0.126. The molecule has 1 fully saturated rings. The average Bonchev–Trinajstić information content (AvgIpc) is 1.98. The van der Waals surface area contributed by atoms with Crippen LogP contribution in [-0.2, 0) is 4.79 Å². The average molecular weight is 184 g/mol. The molecule has 0 saturated heterocycles. The van der Waals surface area contributed by atoms with Crippen LogP contribution in [0.5, 0.6) is 0 Å². The summed E-state index contributed by atoms with van der Waals surface area (Å²) >= 11 is 0. The molecule has 0 heterocycles. The van der Waals surface area contributed by atoms with E-state index in [1.807, 2.05) is 13.8 Å². The maximum absolute atomic E-state index is 11.2. The molecule has 76 valence electrons. The number of rotatable bonds is 5. The first kappa shape index (κ1) is 10.5. The quantitative estimate of drug-likeness (QED) is 0.666. The maximum atomic E-state index is 11.2. The molecule has 0 atom stereocenters. The van der Waals surface area contributed by atoms with Gasteiger partial charge < -0.3 is 10.6 Å². The summed E-state index contributed by atoms with van der Waals surface area (Å²) in [5.41, 5.74) is 0. The van der Waals surface area contributed by atoms with E-state index in [1.54, 1.807) is 0 Å². The van der Waals surface area contributed by atoms with Crippen molar-refractivity contribution in [3.05, 3.63) is 0 Å². The summed E-state index contributed by atoms with van der Waals surface area (Å²) in [4.78, 5) is 11.2. The van der Waals surface area contributed by atoms with E-state index in [0.29, 0.717) is 12.6 Å². The molecule has 3 heteroatoms. The normalized spacial score (nSPS) is 17.2. The van der Waals surface area contributed by atoms with Crippen molar-refractivity contribution >= 4 is 5.91 Å². The Morgan fingerprint density at radius 1 is 1.46 bits per heavy atom. The van der Waals surface area contributed by atoms with Gasteiger partial charge in [-0.2, -0.15) is 0 Å². The summed E-state index contributed by atoms with van der Waals surface area (Å²) in [5.74, 6) is 0.878. The Bertz CT molecular complexity index is 164. The van der Waals surface area contributed by atoms with Crippen LogP contribution in [0.1, 0.15) is 33.1 Å². The van der Waals surface area contributed by atoms with Gasteiger partial charge in [-0.25, -0.2) is 0 Å². The third kappa shape index (κ3) is 4.27. The molecule has 1 saturated carbocycles. The number of amides is 1. The highest BCUT2D eigenvalue weighted by molar-refractivity contribution is 5.77. The second-order valence-electron chi connectivity index (χ2n) is 4.14. The Kier molecular flexibility index (Phi) is 4.22. The molecule has 1 aliphatic rings. The largest absolute Gasteiger partial charge is 0.355 e. The Labute approximate surface area is 80.3 Å². The monoisotopic (exact) mass is 184 g/mol. The molecule has 0 spiro atoms. The van der Waals surface area contributed by atoms with E-state index in [9.17, 15) is 4.79 Å². The van der Waals surface area contributed by atoms with Crippen LogP contribution in [0.3, 0.4) is 0 Å². The third-order valence-corrected chi connectivity index (χ3v) is 2.48. The number of nitrogens with one attached hydrogen (secondary N) is 2. The van der Waals surface area contributed by atoms with Gasteiger partial charge in [-0.1, -0.05) is 20.3 Å². The molecule has 0 unspecified atom stereocenters. The van der Waals surface area contributed by atoms with Crippen LogP contribution < -0.4 is 10.6 Å². The van der Waals surface area contributed by atoms with Gasteiger partial charge in [0.2, 0.25) is 5.91 Å². The fourth-order valence-corrected chi connectivity index (χ4v) is 1.31. The molecule has 0 bridgehead atoms. The Morgan fingerprint density at radius 3 is 2.62 bits per heavy atom. The standard InChI is InChI=1S/C10H20N2O/c1-8(2)11-7-10(13)12-6-9-4-3-5-9/h8-9,11H,3-7H2,1-2H3,(H,12,13). The highest BCUT2D eigenvalue weighted by Gasteiger charge is 2.17. The molecule has 1 rings (SSSR count). The second-order valence-corrected chi connectivity index (χ2v) is 4.14. The number of hydrogen-bond acceptors (Lipinski definition) is 2. The van der Waals surface area contributed by atoms with Crippen LogP contribution in [-0.4, -0.2) is 25.0 Å². The molecule has 0 aromatic rings. The highest BCUT2D eigenvalue weighted by Crippen LogP contribution is 2.24. The van der Waals surface area contributed by atoms with Crippen molar-refractivity contribution < 1.29 is 4.79 Å². The smallest absolute Gasteiger partial charge is 0.233 e. The van der Waals surface area contributed by atoms with E-state index < -0.39 is 0 Å². The first-order chi connectivity index (χ1) is 6.18. The number of carbonyl (C=O) groups is 1. The van der Waals surface area contributed by atoms with Crippen LogP contribution in [0.2, 0.25) is 0 Å². The van der Waals surface area contributed by atoms with Gasteiger partial charge in [-0.3, -0.25) is 4.79 Å². The van der Waals surface area contributed by atoms with E-state index in [4.69, 9.17) is 0 Å². The Balaban J connectivity index is 1.97. The third-order valence-electron chi connectivity index (χ3n) is 2.48. The van der Waals surface area contributed by atoms with Gasteiger partial charge in [0.1, 0.15) is 0 Å². The lowest BCUT2D eigenvalue weighted by Gasteiger charge is -2.25. The highest BCUT2D eigenvalue weighted by atomic mass is 16.1. The van der Waals surface area contributed by atoms with E-state index in [2.05, 4.69) is 10.6 Å². The van der Waals surface area contributed by atoms with Crippen molar-refractivity contribution in [2.75, 3.05) is 13.1 Å². The maximum Gasteiger partial charge on any atom is 0.233 e. The molecule has 2 N–H and O–H groups in total. The molecule has 0 aromatic heterocycles. The fraction of sp³-hybridized carbons (Fsp3) is 0.900. The zero-order valence-electron chi connectivity index (χ0n) is 8.60. The topological polar surface area (TPSA) is 41.1 Å². The van der Waals surface area contributed by atoms with Crippen LogP contribution in [0, 0.1) is 5.92 Å². The minimum Gasteiger partial charge on any atom is -0.355 e. The summed E-state index contributed by atoms with van der Waals surface area (Å²) in [6.07, 6.45) is 3.92. The van der Waals surface area contributed by atoms with Gasteiger partial charge >= 0.3 is 0 Å². The summed E-state index contributed by atoms with van der Waals surface area (Å²) in [6, 6.07) is 0.384. The van der Waals surface area contributed by atoms with Crippen molar-refractivity contribution in [3.63, 3.8) is 0 Å². The van der Waals surface area contributed by atoms with E-state index >= 15 is 0 Å². The van der Waals surface area contributed by atoms with Crippen molar-refractivity contribution in [1.29, 1.82) is 0 Å². The van der Waals surface area contributed by atoms with Crippen LogP contribution in [0.15, 0.2) is 0 Å². The Hall–Kier alpha value is -0.570. The van der Waals surface area contributed by atoms with Crippen molar-refractivity contribution in [2.45, 2.75) is 39.2 Å². The first-order valence-corrected chi connectivity index (χ1v) is 5.18. The Morgan fingerprint density at radius 2 is 2.15 bits per heavy atom. The lowest BCUT2D eigenvalue weighted by Crippen LogP contribution is -2.39. The molecule has 13 heavy (non-hydrogen) atoms. The molecule has 0 radical (unpaired) electrons. The predicted molar refractivity (Wildman–Crippen MR) is 53.5 cm³/mol. The van der Waals surface area contributed by atoms with Crippen LogP contribution in [0.4, 0.5) is 0 Å². The molecule has 1 amide bonds. The number of hydrogen-bond donors (Lipinski definition) is 2. The molecule has 0 aliphatic heterocycles. The van der Waals surface area contributed by atoms with Gasteiger partial charge in [0, 0.05) is 12.6 Å². The summed E-state index contributed by atoms with van der Waals surface area (Å²) in [6.45, 7) is 5.40. The summed E-state index contributed by atoms with van der Waals surface area (Å²) < 4.78 is 0. The zero-order valence-corrected chi connectivity index (χ0v) is 8.60. The van der Waals surface area contributed by atoms with Gasteiger partial charge in [-0.05, 0) is 18.8 Å². The minimum absolute atomic E-state index is 0.126. The van der Waals surface area contributed by atoms with Gasteiger partial charge in [-0.15, -0.1) is 0 Å². The van der Waals surface area contributed by atoms with Crippen molar-refractivity contribution in [1.82, 2.24) is 10.6 Å². The second kappa shape index (κ2) is 5.22. The van der Waals surface area contributed by atoms with Crippen LogP contribution >= 0.6 is 0 Å². The summed E-state index contributed by atoms with van der Waals surface area (Å²) in [5, 5.41) is 6.03. The lowest BCUT2D eigenvalue weighted by atomic mass is 9.85. The van der Waals surface area contributed by atoms with Crippen molar-refractivity contribution in [3.8, 4) is 0 Å². The van der Waals surface area contributed by atoms with E-state index in [0.717, 1.165) is 12.5 Å².